The van der Waals surface area contributed by atoms with Crippen LogP contribution in [-0.2, 0) is 13.6 Å². The van der Waals surface area contributed by atoms with Crippen molar-refractivity contribution in [3.8, 4) is 11.1 Å². The van der Waals surface area contributed by atoms with E-state index in [1.165, 1.54) is 99.8 Å². The van der Waals surface area contributed by atoms with Gasteiger partial charge in [0.15, 0.2) is 0 Å². The van der Waals surface area contributed by atoms with Crippen molar-refractivity contribution in [3.63, 3.8) is 0 Å². The number of aromatic nitrogens is 3. The van der Waals surface area contributed by atoms with E-state index in [0.29, 0.717) is 5.92 Å². The molecule has 0 bridgehead atoms. The second-order valence-electron chi connectivity index (χ2n) is 11.1. The summed E-state index contributed by atoms with van der Waals surface area (Å²) in [4.78, 5) is 9.97. The van der Waals surface area contributed by atoms with E-state index >= 15 is 0 Å². The first-order valence-electron chi connectivity index (χ1n) is 14.0. The number of piperidine rings is 2. The minimum absolute atomic E-state index is 0.526. The Kier molecular flexibility index (Phi) is 6.81. The lowest BCUT2D eigenvalue weighted by Gasteiger charge is -2.42. The molecule has 1 aromatic carbocycles. The van der Waals surface area contributed by atoms with Crippen LogP contribution in [0.5, 0.6) is 0 Å². The fourth-order valence-corrected chi connectivity index (χ4v) is 6.23. The molecule has 0 unspecified atom stereocenters. The van der Waals surface area contributed by atoms with E-state index in [0.717, 1.165) is 29.5 Å². The smallest absolute Gasteiger partial charge is 0.130 e. The Bertz CT molecular complexity index is 1210. The summed E-state index contributed by atoms with van der Waals surface area (Å²) >= 11 is 0. The molecule has 3 aromatic rings. The van der Waals surface area contributed by atoms with Crippen LogP contribution in [0.2, 0.25) is 0 Å². The first-order valence-corrected chi connectivity index (χ1v) is 14.0. The number of aryl methyl sites for hydroxylation is 1. The molecule has 1 saturated carbocycles. The van der Waals surface area contributed by atoms with E-state index < -0.39 is 0 Å². The number of hydrogen-bond acceptors (Lipinski definition) is 5. The van der Waals surface area contributed by atoms with Gasteiger partial charge in [-0.15, -0.1) is 0 Å². The van der Waals surface area contributed by atoms with Gasteiger partial charge >= 0.3 is 0 Å². The van der Waals surface area contributed by atoms with Crippen molar-refractivity contribution in [1.29, 1.82) is 0 Å². The number of nitrogens with zero attached hydrogens (tertiary/aromatic N) is 5. The summed E-state index contributed by atoms with van der Waals surface area (Å²) in [6.07, 6.45) is 14.6. The Morgan fingerprint density at radius 2 is 1.75 bits per heavy atom. The summed E-state index contributed by atoms with van der Waals surface area (Å²) in [5.74, 6) is 1.42. The number of anilines is 1. The first kappa shape index (κ1) is 23.7. The minimum atomic E-state index is 0.526. The van der Waals surface area contributed by atoms with Gasteiger partial charge < -0.3 is 10.2 Å². The van der Waals surface area contributed by atoms with Crippen molar-refractivity contribution in [2.24, 2.45) is 13.0 Å². The summed E-state index contributed by atoms with van der Waals surface area (Å²) < 4.78 is 2.05. The molecule has 6 rings (SSSR count). The van der Waals surface area contributed by atoms with Gasteiger partial charge in [0.1, 0.15) is 5.82 Å². The maximum Gasteiger partial charge on any atom is 0.130 e. The number of nitrogens with one attached hydrogen (secondary N) is 1. The van der Waals surface area contributed by atoms with Crippen LogP contribution in [0.15, 0.2) is 48.9 Å². The molecule has 1 aliphatic carbocycles. The minimum Gasteiger partial charge on any atom is -0.344 e. The number of pyridine rings is 1. The second-order valence-corrected chi connectivity index (χ2v) is 11.1. The Morgan fingerprint density at radius 3 is 2.50 bits per heavy atom. The fraction of sp³-hybridized carbons (Fsp3) is 0.533. The summed E-state index contributed by atoms with van der Waals surface area (Å²) in [5, 5.41) is 10.5. The van der Waals surface area contributed by atoms with Crippen LogP contribution in [0.3, 0.4) is 0 Å². The zero-order chi connectivity index (χ0) is 24.5. The van der Waals surface area contributed by atoms with Gasteiger partial charge in [0.25, 0.3) is 0 Å². The van der Waals surface area contributed by atoms with Gasteiger partial charge in [-0.2, -0.15) is 5.10 Å². The topological polar surface area (TPSA) is 49.2 Å². The highest BCUT2D eigenvalue weighted by atomic mass is 15.3. The fourth-order valence-electron chi connectivity index (χ4n) is 6.23. The molecule has 2 aromatic heterocycles. The highest BCUT2D eigenvalue weighted by molar-refractivity contribution is 5.88. The molecule has 6 heteroatoms. The monoisotopic (exact) mass is 484 g/mol. The molecule has 2 aliphatic heterocycles. The molecule has 3 fully saturated rings. The van der Waals surface area contributed by atoms with Crippen molar-refractivity contribution in [3.05, 3.63) is 54.6 Å². The summed E-state index contributed by atoms with van der Waals surface area (Å²) in [6.45, 7) is 10.2. The molecule has 6 nitrogen and oxygen atoms in total. The molecular weight excluding hydrogens is 444 g/mol. The number of hydrogen-bond donors (Lipinski definition) is 1. The zero-order valence-corrected chi connectivity index (χ0v) is 21.8. The van der Waals surface area contributed by atoms with Gasteiger partial charge in [-0.1, -0.05) is 31.6 Å². The lowest BCUT2D eigenvalue weighted by Crippen LogP contribution is -2.45. The van der Waals surface area contributed by atoms with Crippen molar-refractivity contribution in [1.82, 2.24) is 24.6 Å². The molecule has 0 radical (unpaired) electrons. The van der Waals surface area contributed by atoms with E-state index in [4.69, 9.17) is 4.98 Å². The van der Waals surface area contributed by atoms with E-state index in [2.05, 4.69) is 58.1 Å². The van der Waals surface area contributed by atoms with Gasteiger partial charge in [0.2, 0.25) is 0 Å². The van der Waals surface area contributed by atoms with Gasteiger partial charge in [0, 0.05) is 48.4 Å². The molecule has 0 spiro atoms. The predicted molar refractivity (Wildman–Crippen MR) is 148 cm³/mol. The van der Waals surface area contributed by atoms with E-state index in [1.54, 1.807) is 0 Å². The number of rotatable bonds is 7. The molecule has 0 amide bonds. The third-order valence-corrected chi connectivity index (χ3v) is 8.82. The molecular formula is C30H40N6. The molecule has 3 aliphatic rings. The summed E-state index contributed by atoms with van der Waals surface area (Å²) in [5.41, 5.74) is 4.87. The maximum atomic E-state index is 4.70. The normalized spacial score (nSPS) is 20.5. The van der Waals surface area contributed by atoms with E-state index in [9.17, 15) is 0 Å². The van der Waals surface area contributed by atoms with Gasteiger partial charge in [-0.25, -0.2) is 4.98 Å². The van der Waals surface area contributed by atoms with Crippen LogP contribution in [0, 0.1) is 5.92 Å². The zero-order valence-electron chi connectivity index (χ0n) is 21.8. The third-order valence-electron chi connectivity index (χ3n) is 8.82. The standard InChI is InChI=1S/C30H40N6/c1-22(23-11-15-36(16-12-23)27-7-6-8-27)33-30-18-26-17-24(9-10-25(26)19-31-30)28-20-32-34(2)29(28)21-35-13-4-3-5-14-35/h9-10,17-20,23,27H,1,3-8,11-16,21H2,2H3,(H,31,33). The average Bonchev–Trinajstić information content (AvgIpc) is 3.23. The maximum absolute atomic E-state index is 4.70. The number of allylic oxidation sites excluding steroid dienone is 1. The van der Waals surface area contributed by atoms with Gasteiger partial charge in [-0.3, -0.25) is 9.58 Å². The van der Waals surface area contributed by atoms with Gasteiger partial charge in [-0.05, 0) is 87.8 Å². The van der Waals surface area contributed by atoms with Crippen LogP contribution in [-0.4, -0.2) is 56.8 Å². The molecule has 0 atom stereocenters. The van der Waals surface area contributed by atoms with Crippen molar-refractivity contribution in [2.75, 3.05) is 31.5 Å². The van der Waals surface area contributed by atoms with Crippen LogP contribution < -0.4 is 5.32 Å². The molecule has 2 saturated heterocycles. The predicted octanol–water partition coefficient (Wildman–Crippen LogP) is 5.81. The van der Waals surface area contributed by atoms with Crippen molar-refractivity contribution in [2.45, 2.75) is 64.0 Å². The van der Waals surface area contributed by atoms with Crippen LogP contribution >= 0.6 is 0 Å². The Balaban J connectivity index is 1.16. The number of likely N-dealkylation sites (tertiary alicyclic amines) is 2. The summed E-state index contributed by atoms with van der Waals surface area (Å²) in [7, 11) is 2.07. The number of fused-ring (bicyclic) bond motifs is 1. The van der Waals surface area contributed by atoms with Crippen LogP contribution in [0.4, 0.5) is 5.82 Å². The van der Waals surface area contributed by atoms with E-state index in [-0.39, 0.29) is 0 Å². The Labute approximate surface area is 215 Å². The highest BCUT2D eigenvalue weighted by Crippen LogP contribution is 2.32. The average molecular weight is 485 g/mol. The Hall–Kier alpha value is -2.70. The highest BCUT2D eigenvalue weighted by Gasteiger charge is 2.29. The molecule has 36 heavy (non-hydrogen) atoms. The lowest BCUT2D eigenvalue weighted by molar-refractivity contribution is 0.0914. The molecule has 4 heterocycles. The lowest BCUT2D eigenvalue weighted by atomic mass is 9.87. The van der Waals surface area contributed by atoms with Crippen LogP contribution in [0.25, 0.3) is 21.9 Å². The SMILES string of the molecule is C=C(Nc1cc2cc(-c3cnn(C)c3CN3CCCCC3)ccc2cn1)C1CCN(C2CCC2)CC1. The number of benzene rings is 1. The van der Waals surface area contributed by atoms with Crippen LogP contribution in [0.1, 0.15) is 57.1 Å². The molecule has 190 valence electrons. The third kappa shape index (κ3) is 4.94. The van der Waals surface area contributed by atoms with Crippen molar-refractivity contribution >= 4 is 16.6 Å². The second kappa shape index (κ2) is 10.3. The Morgan fingerprint density at radius 1 is 0.944 bits per heavy atom. The summed E-state index contributed by atoms with van der Waals surface area (Å²) in [6, 6.07) is 9.71. The first-order chi connectivity index (χ1) is 17.6. The largest absolute Gasteiger partial charge is 0.344 e. The quantitative estimate of drug-likeness (QED) is 0.459. The molecule has 1 N–H and O–H groups in total. The van der Waals surface area contributed by atoms with Gasteiger partial charge in [0.05, 0.1) is 11.9 Å². The van der Waals surface area contributed by atoms with E-state index in [1.807, 2.05) is 17.1 Å². The van der Waals surface area contributed by atoms with Crippen molar-refractivity contribution < 1.29 is 0 Å².